The molecule has 1 aromatic carbocycles. The molecular weight excluding hydrogens is 241 g/mol. The van der Waals surface area contributed by atoms with Gasteiger partial charge in [-0.25, -0.2) is 4.39 Å². The van der Waals surface area contributed by atoms with Crippen LogP contribution in [0.1, 0.15) is 52.1 Å². The van der Waals surface area contributed by atoms with E-state index in [0.29, 0.717) is 0 Å². The van der Waals surface area contributed by atoms with Gasteiger partial charge in [0.25, 0.3) is 0 Å². The Morgan fingerprint density at radius 2 is 2.11 bits per heavy atom. The van der Waals surface area contributed by atoms with Gasteiger partial charge in [-0.15, -0.1) is 0 Å². The van der Waals surface area contributed by atoms with E-state index in [1.807, 2.05) is 0 Å². The molecule has 0 spiro atoms. The molecule has 1 N–H and O–H groups in total. The molecule has 1 aliphatic rings. The van der Waals surface area contributed by atoms with Gasteiger partial charge >= 0.3 is 0 Å². The van der Waals surface area contributed by atoms with Gasteiger partial charge < -0.3 is 10.1 Å². The Hall–Kier alpha value is -1.09. The van der Waals surface area contributed by atoms with Crippen LogP contribution in [0, 0.1) is 11.2 Å². The molecule has 0 aliphatic carbocycles. The van der Waals surface area contributed by atoms with Crippen molar-refractivity contribution in [3.63, 3.8) is 0 Å². The van der Waals surface area contributed by atoms with E-state index in [1.165, 1.54) is 6.07 Å². The summed E-state index contributed by atoms with van der Waals surface area (Å²) in [5.74, 6) is 0.626. The van der Waals surface area contributed by atoms with E-state index in [4.69, 9.17) is 4.74 Å². The topological polar surface area (TPSA) is 21.3 Å². The quantitative estimate of drug-likeness (QED) is 0.889. The van der Waals surface area contributed by atoms with Crippen molar-refractivity contribution < 1.29 is 9.13 Å². The van der Waals surface area contributed by atoms with Crippen LogP contribution in [0.25, 0.3) is 0 Å². The number of rotatable bonds is 3. The van der Waals surface area contributed by atoms with Crippen molar-refractivity contribution in [3.8, 4) is 5.75 Å². The number of ether oxygens (including phenoxy) is 1. The molecule has 2 atom stereocenters. The summed E-state index contributed by atoms with van der Waals surface area (Å²) in [6.45, 7) is 9.63. The Labute approximate surface area is 115 Å². The first-order chi connectivity index (χ1) is 8.91. The summed E-state index contributed by atoms with van der Waals surface area (Å²) in [6.07, 6.45) is 2.11. The van der Waals surface area contributed by atoms with E-state index in [2.05, 4.69) is 33.0 Å². The Morgan fingerprint density at radius 1 is 1.37 bits per heavy atom. The van der Waals surface area contributed by atoms with Gasteiger partial charge in [-0.05, 0) is 36.6 Å². The van der Waals surface area contributed by atoms with Crippen LogP contribution in [0.5, 0.6) is 5.75 Å². The lowest BCUT2D eigenvalue weighted by Gasteiger charge is -2.39. The van der Waals surface area contributed by atoms with Crippen LogP contribution in [0.15, 0.2) is 18.2 Å². The molecule has 2 nitrogen and oxygen atoms in total. The van der Waals surface area contributed by atoms with Crippen LogP contribution in [-0.4, -0.2) is 12.6 Å². The predicted octanol–water partition coefficient (Wildman–Crippen LogP) is 4.06. The molecule has 0 bridgehead atoms. The second kappa shape index (κ2) is 5.49. The minimum atomic E-state index is -0.195. The largest absolute Gasteiger partial charge is 0.489 e. The van der Waals surface area contributed by atoms with Gasteiger partial charge in [0.2, 0.25) is 0 Å². The Balaban J connectivity index is 2.29. The van der Waals surface area contributed by atoms with E-state index in [9.17, 15) is 4.39 Å². The van der Waals surface area contributed by atoms with Crippen molar-refractivity contribution >= 4 is 0 Å². The van der Waals surface area contributed by atoms with Crippen LogP contribution < -0.4 is 10.1 Å². The summed E-state index contributed by atoms with van der Waals surface area (Å²) in [5.41, 5.74) is 1.03. The standard InChI is InChI=1S/C16H24FNO/c1-5-8-18-13-10-15(16(2,3)4)19-14-7-6-11(17)9-12(13)14/h6-7,9,13,15,18H,5,8,10H2,1-4H3. The summed E-state index contributed by atoms with van der Waals surface area (Å²) in [6, 6.07) is 5.01. The monoisotopic (exact) mass is 265 g/mol. The van der Waals surface area contributed by atoms with Crippen molar-refractivity contribution in [3.05, 3.63) is 29.6 Å². The molecule has 106 valence electrons. The predicted molar refractivity (Wildman–Crippen MR) is 75.9 cm³/mol. The first-order valence-electron chi connectivity index (χ1n) is 7.11. The molecule has 3 heteroatoms. The zero-order valence-electron chi connectivity index (χ0n) is 12.3. The van der Waals surface area contributed by atoms with E-state index in [1.54, 1.807) is 12.1 Å². The second-order valence-corrected chi connectivity index (χ2v) is 6.40. The number of hydrogen-bond donors (Lipinski definition) is 1. The maximum atomic E-state index is 13.4. The summed E-state index contributed by atoms with van der Waals surface area (Å²) in [4.78, 5) is 0. The average molecular weight is 265 g/mol. The first kappa shape index (κ1) is 14.3. The lowest BCUT2D eigenvalue weighted by atomic mass is 9.82. The highest BCUT2D eigenvalue weighted by atomic mass is 19.1. The zero-order valence-corrected chi connectivity index (χ0v) is 12.3. The minimum Gasteiger partial charge on any atom is -0.489 e. The number of hydrogen-bond acceptors (Lipinski definition) is 2. The number of benzene rings is 1. The second-order valence-electron chi connectivity index (χ2n) is 6.40. The van der Waals surface area contributed by atoms with Gasteiger partial charge in [0, 0.05) is 18.0 Å². The molecule has 0 fully saturated rings. The highest BCUT2D eigenvalue weighted by molar-refractivity contribution is 5.38. The smallest absolute Gasteiger partial charge is 0.124 e. The molecule has 1 aromatic rings. The van der Waals surface area contributed by atoms with Crippen LogP contribution in [0.4, 0.5) is 4.39 Å². The van der Waals surface area contributed by atoms with Crippen LogP contribution in [-0.2, 0) is 0 Å². The third-order valence-electron chi connectivity index (χ3n) is 3.67. The molecule has 2 unspecified atom stereocenters. The lowest BCUT2D eigenvalue weighted by molar-refractivity contribution is 0.0527. The normalized spacial score (nSPS) is 22.8. The molecular formula is C16H24FNO. The van der Waals surface area contributed by atoms with E-state index in [0.717, 1.165) is 30.7 Å². The molecule has 2 rings (SSSR count). The SMILES string of the molecule is CCCNC1CC(C(C)(C)C)Oc2ccc(F)cc21. The average Bonchev–Trinajstić information content (AvgIpc) is 2.34. The molecule has 19 heavy (non-hydrogen) atoms. The lowest BCUT2D eigenvalue weighted by Crippen LogP contribution is -2.40. The van der Waals surface area contributed by atoms with E-state index >= 15 is 0 Å². The molecule has 0 amide bonds. The van der Waals surface area contributed by atoms with Crippen LogP contribution in [0.3, 0.4) is 0 Å². The third-order valence-corrected chi connectivity index (χ3v) is 3.67. The summed E-state index contributed by atoms with van der Waals surface area (Å²) >= 11 is 0. The summed E-state index contributed by atoms with van der Waals surface area (Å²) in [5, 5.41) is 3.51. The van der Waals surface area contributed by atoms with Gasteiger partial charge in [-0.3, -0.25) is 0 Å². The van der Waals surface area contributed by atoms with Crippen LogP contribution in [0.2, 0.25) is 0 Å². The Morgan fingerprint density at radius 3 is 2.74 bits per heavy atom. The molecule has 0 saturated heterocycles. The Kier molecular flexibility index (Phi) is 4.14. The highest BCUT2D eigenvalue weighted by Gasteiger charge is 2.35. The van der Waals surface area contributed by atoms with Crippen molar-refractivity contribution in [1.82, 2.24) is 5.32 Å². The molecule has 0 aromatic heterocycles. The maximum absolute atomic E-state index is 13.4. The fraction of sp³-hybridized carbons (Fsp3) is 0.625. The molecule has 1 heterocycles. The summed E-state index contributed by atoms with van der Waals surface area (Å²) in [7, 11) is 0. The van der Waals surface area contributed by atoms with Gasteiger partial charge in [-0.2, -0.15) is 0 Å². The van der Waals surface area contributed by atoms with Crippen molar-refractivity contribution in [2.45, 2.75) is 52.7 Å². The van der Waals surface area contributed by atoms with Gasteiger partial charge in [0.15, 0.2) is 0 Å². The minimum absolute atomic E-state index is 0.0816. The molecule has 0 radical (unpaired) electrons. The third kappa shape index (κ3) is 3.27. The van der Waals surface area contributed by atoms with E-state index < -0.39 is 0 Å². The fourth-order valence-corrected chi connectivity index (χ4v) is 2.48. The van der Waals surface area contributed by atoms with Gasteiger partial charge in [0.05, 0.1) is 0 Å². The van der Waals surface area contributed by atoms with Crippen molar-refractivity contribution in [1.29, 1.82) is 0 Å². The maximum Gasteiger partial charge on any atom is 0.124 e. The first-order valence-corrected chi connectivity index (χ1v) is 7.11. The van der Waals surface area contributed by atoms with Crippen molar-refractivity contribution in [2.75, 3.05) is 6.54 Å². The number of fused-ring (bicyclic) bond motifs is 1. The molecule has 0 saturated carbocycles. The van der Waals surface area contributed by atoms with E-state index in [-0.39, 0.29) is 23.4 Å². The number of halogens is 1. The zero-order chi connectivity index (χ0) is 14.0. The van der Waals surface area contributed by atoms with Gasteiger partial charge in [-0.1, -0.05) is 27.7 Å². The summed E-state index contributed by atoms with van der Waals surface area (Å²) < 4.78 is 19.5. The fourth-order valence-electron chi connectivity index (χ4n) is 2.48. The van der Waals surface area contributed by atoms with Crippen molar-refractivity contribution in [2.24, 2.45) is 5.41 Å². The highest BCUT2D eigenvalue weighted by Crippen LogP contribution is 2.40. The Bertz CT molecular complexity index is 439. The molecule has 1 aliphatic heterocycles. The van der Waals surface area contributed by atoms with Gasteiger partial charge in [0.1, 0.15) is 17.7 Å². The number of nitrogens with one attached hydrogen (secondary N) is 1. The van der Waals surface area contributed by atoms with Crippen LogP contribution >= 0.6 is 0 Å².